The van der Waals surface area contributed by atoms with Crippen molar-refractivity contribution < 1.29 is 9.53 Å². The highest BCUT2D eigenvalue weighted by atomic mass is 16.5. The third-order valence-corrected chi connectivity index (χ3v) is 4.50. The van der Waals surface area contributed by atoms with E-state index in [4.69, 9.17) is 10.5 Å². The van der Waals surface area contributed by atoms with E-state index in [-0.39, 0.29) is 5.91 Å². The van der Waals surface area contributed by atoms with Crippen molar-refractivity contribution >= 4 is 17.3 Å². The SMILES string of the molecule is CC[C@@H](Oc1ccccc1[C@@H](C)CC)C(=O)Nc1ccc(N)cc1C. The number of para-hydroxylation sites is 1. The van der Waals surface area contributed by atoms with E-state index >= 15 is 0 Å². The molecule has 0 aliphatic heterocycles. The number of nitrogens with one attached hydrogen (secondary N) is 1. The molecule has 134 valence electrons. The number of anilines is 2. The third-order valence-electron chi connectivity index (χ3n) is 4.50. The molecule has 0 fully saturated rings. The number of nitrogens with two attached hydrogens (primary N) is 1. The number of amides is 1. The number of carbonyl (C=O) groups is 1. The van der Waals surface area contributed by atoms with Gasteiger partial charge >= 0.3 is 0 Å². The summed E-state index contributed by atoms with van der Waals surface area (Å²) >= 11 is 0. The van der Waals surface area contributed by atoms with Gasteiger partial charge in [-0.3, -0.25) is 4.79 Å². The van der Waals surface area contributed by atoms with Crippen molar-refractivity contribution in [2.24, 2.45) is 0 Å². The van der Waals surface area contributed by atoms with Crippen LogP contribution in [0.3, 0.4) is 0 Å². The number of aryl methyl sites for hydroxylation is 1. The van der Waals surface area contributed by atoms with E-state index in [1.807, 2.05) is 44.2 Å². The summed E-state index contributed by atoms with van der Waals surface area (Å²) in [5.74, 6) is 1.03. The van der Waals surface area contributed by atoms with Crippen LogP contribution in [0.4, 0.5) is 11.4 Å². The van der Waals surface area contributed by atoms with E-state index in [1.165, 1.54) is 0 Å². The average molecular weight is 340 g/mol. The Labute approximate surface area is 150 Å². The summed E-state index contributed by atoms with van der Waals surface area (Å²) in [6.45, 7) is 8.19. The topological polar surface area (TPSA) is 64.3 Å². The highest BCUT2D eigenvalue weighted by Crippen LogP contribution is 2.29. The van der Waals surface area contributed by atoms with Crippen LogP contribution < -0.4 is 15.8 Å². The van der Waals surface area contributed by atoms with Gasteiger partial charge in [0.25, 0.3) is 5.91 Å². The summed E-state index contributed by atoms with van der Waals surface area (Å²) in [5.41, 5.74) is 9.28. The van der Waals surface area contributed by atoms with E-state index in [9.17, 15) is 4.79 Å². The van der Waals surface area contributed by atoms with Gasteiger partial charge in [-0.05, 0) is 61.1 Å². The molecule has 2 aromatic carbocycles. The van der Waals surface area contributed by atoms with Crippen LogP contribution in [-0.2, 0) is 4.79 Å². The van der Waals surface area contributed by atoms with Crippen molar-refractivity contribution in [3.63, 3.8) is 0 Å². The van der Waals surface area contributed by atoms with Crippen molar-refractivity contribution in [3.05, 3.63) is 53.6 Å². The number of ether oxygens (including phenoxy) is 1. The first-order valence-electron chi connectivity index (χ1n) is 8.88. The maximum Gasteiger partial charge on any atom is 0.265 e. The zero-order chi connectivity index (χ0) is 18.4. The van der Waals surface area contributed by atoms with E-state index in [1.54, 1.807) is 6.07 Å². The lowest BCUT2D eigenvalue weighted by atomic mass is 9.98. The van der Waals surface area contributed by atoms with E-state index in [0.717, 1.165) is 29.0 Å². The first-order chi connectivity index (χ1) is 12.0. The van der Waals surface area contributed by atoms with Crippen LogP contribution in [0.15, 0.2) is 42.5 Å². The second-order valence-corrected chi connectivity index (χ2v) is 6.43. The molecular weight excluding hydrogens is 312 g/mol. The third kappa shape index (κ3) is 4.75. The number of carbonyl (C=O) groups excluding carboxylic acids is 1. The first-order valence-corrected chi connectivity index (χ1v) is 8.88. The fourth-order valence-electron chi connectivity index (χ4n) is 2.73. The zero-order valence-electron chi connectivity index (χ0n) is 15.5. The van der Waals surface area contributed by atoms with Gasteiger partial charge in [-0.2, -0.15) is 0 Å². The minimum absolute atomic E-state index is 0.144. The Morgan fingerprint density at radius 2 is 1.88 bits per heavy atom. The van der Waals surface area contributed by atoms with Crippen LogP contribution in [-0.4, -0.2) is 12.0 Å². The Morgan fingerprint density at radius 1 is 1.16 bits per heavy atom. The summed E-state index contributed by atoms with van der Waals surface area (Å²) in [7, 11) is 0. The smallest absolute Gasteiger partial charge is 0.265 e. The number of hydrogen-bond acceptors (Lipinski definition) is 3. The van der Waals surface area contributed by atoms with Crippen molar-refractivity contribution in [1.29, 1.82) is 0 Å². The largest absolute Gasteiger partial charge is 0.480 e. The van der Waals surface area contributed by atoms with Crippen molar-refractivity contribution in [2.45, 2.75) is 52.6 Å². The Balaban J connectivity index is 2.16. The molecule has 0 radical (unpaired) electrons. The van der Waals surface area contributed by atoms with Gasteiger partial charge in [0.1, 0.15) is 5.75 Å². The van der Waals surface area contributed by atoms with Gasteiger partial charge in [-0.1, -0.05) is 39.0 Å². The second-order valence-electron chi connectivity index (χ2n) is 6.43. The van der Waals surface area contributed by atoms with E-state index in [0.29, 0.717) is 18.0 Å². The fraction of sp³-hybridized carbons (Fsp3) is 0.381. The Kier molecular flexibility index (Phi) is 6.45. The minimum Gasteiger partial charge on any atom is -0.480 e. The highest BCUT2D eigenvalue weighted by molar-refractivity contribution is 5.95. The molecule has 25 heavy (non-hydrogen) atoms. The van der Waals surface area contributed by atoms with Crippen LogP contribution in [0.2, 0.25) is 0 Å². The predicted octanol–water partition coefficient (Wildman–Crippen LogP) is 4.89. The number of nitrogen functional groups attached to an aromatic ring is 1. The molecule has 0 unspecified atom stereocenters. The van der Waals surface area contributed by atoms with Gasteiger partial charge in [0, 0.05) is 11.4 Å². The molecule has 1 amide bonds. The number of benzene rings is 2. The molecule has 2 atom stereocenters. The van der Waals surface area contributed by atoms with Gasteiger partial charge in [-0.25, -0.2) is 0 Å². The van der Waals surface area contributed by atoms with Gasteiger partial charge in [-0.15, -0.1) is 0 Å². The van der Waals surface area contributed by atoms with Gasteiger partial charge < -0.3 is 15.8 Å². The molecule has 0 spiro atoms. The molecule has 0 aliphatic rings. The van der Waals surface area contributed by atoms with Crippen LogP contribution >= 0.6 is 0 Å². The summed E-state index contributed by atoms with van der Waals surface area (Å²) < 4.78 is 6.08. The van der Waals surface area contributed by atoms with Crippen LogP contribution in [0, 0.1) is 6.92 Å². The van der Waals surface area contributed by atoms with Crippen LogP contribution in [0.25, 0.3) is 0 Å². The molecule has 3 N–H and O–H groups in total. The maximum atomic E-state index is 12.7. The molecule has 0 aliphatic carbocycles. The lowest BCUT2D eigenvalue weighted by molar-refractivity contribution is -0.122. The van der Waals surface area contributed by atoms with Crippen molar-refractivity contribution in [1.82, 2.24) is 0 Å². The summed E-state index contributed by atoms with van der Waals surface area (Å²) in [4.78, 5) is 12.7. The standard InChI is InChI=1S/C21H28N2O2/c1-5-14(3)17-9-7-8-10-20(17)25-19(6-2)21(24)23-18-12-11-16(22)13-15(18)4/h7-14,19H,5-6,22H2,1-4H3,(H,23,24)/t14-,19+/m0/s1. The lowest BCUT2D eigenvalue weighted by Crippen LogP contribution is -2.33. The maximum absolute atomic E-state index is 12.7. The molecule has 0 aromatic heterocycles. The molecule has 4 nitrogen and oxygen atoms in total. The highest BCUT2D eigenvalue weighted by Gasteiger charge is 2.21. The Morgan fingerprint density at radius 3 is 2.52 bits per heavy atom. The summed E-state index contributed by atoms with van der Waals surface area (Å²) in [5, 5.41) is 2.95. The second kappa shape index (κ2) is 8.56. The molecule has 2 aromatic rings. The quantitative estimate of drug-likeness (QED) is 0.706. The summed E-state index contributed by atoms with van der Waals surface area (Å²) in [6, 6.07) is 13.4. The first kappa shape index (κ1) is 18.8. The Bertz CT molecular complexity index is 728. The van der Waals surface area contributed by atoms with Gasteiger partial charge in [0.05, 0.1) is 0 Å². The molecule has 2 rings (SSSR count). The zero-order valence-corrected chi connectivity index (χ0v) is 15.5. The van der Waals surface area contributed by atoms with Crippen LogP contribution in [0.5, 0.6) is 5.75 Å². The van der Waals surface area contributed by atoms with Crippen molar-refractivity contribution in [2.75, 3.05) is 11.1 Å². The molecule has 0 saturated carbocycles. The van der Waals surface area contributed by atoms with Crippen LogP contribution in [0.1, 0.15) is 50.7 Å². The Hall–Kier alpha value is -2.49. The predicted molar refractivity (Wildman–Crippen MR) is 104 cm³/mol. The molecular formula is C21H28N2O2. The van der Waals surface area contributed by atoms with E-state index < -0.39 is 6.10 Å². The fourth-order valence-corrected chi connectivity index (χ4v) is 2.73. The molecule has 0 saturated heterocycles. The normalized spacial score (nSPS) is 13.1. The molecule has 0 bridgehead atoms. The summed E-state index contributed by atoms with van der Waals surface area (Å²) in [6.07, 6.45) is 1.07. The van der Waals surface area contributed by atoms with Gasteiger partial charge in [0.2, 0.25) is 0 Å². The minimum atomic E-state index is -0.540. The van der Waals surface area contributed by atoms with Crippen molar-refractivity contribution in [3.8, 4) is 5.75 Å². The monoisotopic (exact) mass is 340 g/mol. The number of rotatable bonds is 7. The average Bonchev–Trinajstić information content (AvgIpc) is 2.61. The lowest BCUT2D eigenvalue weighted by Gasteiger charge is -2.21. The molecule has 0 heterocycles. The number of hydrogen-bond donors (Lipinski definition) is 2. The van der Waals surface area contributed by atoms with Gasteiger partial charge in [0.15, 0.2) is 6.10 Å². The van der Waals surface area contributed by atoms with E-state index in [2.05, 4.69) is 25.2 Å². The molecule has 4 heteroatoms.